The Morgan fingerprint density at radius 1 is 1.17 bits per heavy atom. The van der Waals surface area contributed by atoms with Crippen LogP contribution in [0.1, 0.15) is 12.5 Å². The first-order valence-electron chi connectivity index (χ1n) is 8.80. The van der Waals surface area contributed by atoms with Gasteiger partial charge in [0.25, 0.3) is 5.91 Å². The number of fused-ring (bicyclic) bond motifs is 1. The first-order chi connectivity index (χ1) is 14.1. The van der Waals surface area contributed by atoms with Gasteiger partial charge in [-0.1, -0.05) is 6.07 Å². The first kappa shape index (κ1) is 19.8. The average molecular weight is 394 g/mol. The van der Waals surface area contributed by atoms with E-state index in [4.69, 9.17) is 18.9 Å². The molecule has 0 bridgehead atoms. The minimum atomic E-state index is -0.896. The molecule has 1 aliphatic heterocycles. The maximum atomic E-state index is 12.1. The lowest BCUT2D eigenvalue weighted by molar-refractivity contribution is -0.142. The zero-order valence-electron chi connectivity index (χ0n) is 15.6. The Labute approximate surface area is 167 Å². The van der Waals surface area contributed by atoms with Crippen LogP contribution in [0.25, 0.3) is 6.08 Å². The second-order valence-electron chi connectivity index (χ2n) is 5.86. The van der Waals surface area contributed by atoms with Crippen molar-refractivity contribution in [3.05, 3.63) is 53.6 Å². The number of nitrogens with one attached hydrogen (secondary N) is 1. The van der Waals surface area contributed by atoms with Crippen LogP contribution in [0, 0.1) is 11.3 Å². The fraction of sp³-hybridized carbons (Fsp3) is 0.190. The van der Waals surface area contributed by atoms with Gasteiger partial charge >= 0.3 is 5.97 Å². The number of esters is 1. The van der Waals surface area contributed by atoms with E-state index in [2.05, 4.69) is 5.32 Å². The number of hydrogen-bond acceptors (Lipinski definition) is 7. The van der Waals surface area contributed by atoms with Crippen LogP contribution in [0.2, 0.25) is 0 Å². The number of amides is 1. The highest BCUT2D eigenvalue weighted by Crippen LogP contribution is 2.33. The van der Waals surface area contributed by atoms with Gasteiger partial charge < -0.3 is 24.3 Å². The molecule has 2 aromatic carbocycles. The lowest BCUT2D eigenvalue weighted by Crippen LogP contribution is -2.21. The Bertz CT molecular complexity index is 976. The highest BCUT2D eigenvalue weighted by molar-refractivity contribution is 6.00. The number of carbonyl (C=O) groups excluding carboxylic acids is 2. The van der Waals surface area contributed by atoms with Gasteiger partial charge in [0.1, 0.15) is 17.4 Å². The molecule has 0 unspecified atom stereocenters. The van der Waals surface area contributed by atoms with E-state index in [1.165, 1.54) is 6.08 Å². The summed E-state index contributed by atoms with van der Waals surface area (Å²) in [6.45, 7) is 2.02. The van der Waals surface area contributed by atoms with Crippen molar-refractivity contribution >= 4 is 23.6 Å². The van der Waals surface area contributed by atoms with Crippen molar-refractivity contribution in [2.24, 2.45) is 0 Å². The van der Waals surface area contributed by atoms with E-state index in [0.29, 0.717) is 35.1 Å². The number of carbonyl (C=O) groups is 2. The monoisotopic (exact) mass is 394 g/mol. The fourth-order valence-corrected chi connectivity index (χ4v) is 2.51. The first-order valence-corrected chi connectivity index (χ1v) is 8.80. The molecule has 148 valence electrons. The third-order valence-electron chi connectivity index (χ3n) is 3.83. The SMILES string of the molecule is CCOc1ccc(NC(=O)COC(=O)C(C#N)=Cc2ccc3c(c2)OCO3)cc1. The molecule has 1 amide bonds. The maximum Gasteiger partial charge on any atom is 0.349 e. The van der Waals surface area contributed by atoms with Gasteiger partial charge in [0, 0.05) is 5.69 Å². The van der Waals surface area contributed by atoms with Gasteiger partial charge in [-0.2, -0.15) is 5.26 Å². The molecule has 0 aromatic heterocycles. The minimum absolute atomic E-state index is 0.124. The van der Waals surface area contributed by atoms with Crippen molar-refractivity contribution in [2.75, 3.05) is 25.3 Å². The van der Waals surface area contributed by atoms with Gasteiger partial charge in [-0.05, 0) is 55.0 Å². The predicted molar refractivity (Wildman–Crippen MR) is 103 cm³/mol. The van der Waals surface area contributed by atoms with Crippen LogP contribution in [0.4, 0.5) is 5.69 Å². The van der Waals surface area contributed by atoms with Gasteiger partial charge in [0.2, 0.25) is 6.79 Å². The van der Waals surface area contributed by atoms with E-state index < -0.39 is 18.5 Å². The Balaban J connectivity index is 1.55. The molecule has 0 saturated heterocycles. The summed E-state index contributed by atoms with van der Waals surface area (Å²) in [5, 5.41) is 11.8. The van der Waals surface area contributed by atoms with E-state index >= 15 is 0 Å². The summed E-state index contributed by atoms with van der Waals surface area (Å²) in [6.07, 6.45) is 1.36. The van der Waals surface area contributed by atoms with Gasteiger partial charge in [-0.15, -0.1) is 0 Å². The van der Waals surface area contributed by atoms with Gasteiger partial charge in [0.15, 0.2) is 18.1 Å². The van der Waals surface area contributed by atoms with Crippen molar-refractivity contribution in [1.29, 1.82) is 5.26 Å². The second kappa shape index (κ2) is 9.28. The zero-order chi connectivity index (χ0) is 20.6. The van der Waals surface area contributed by atoms with Crippen LogP contribution < -0.4 is 19.5 Å². The van der Waals surface area contributed by atoms with Crippen LogP contribution in [0.5, 0.6) is 17.2 Å². The molecule has 0 radical (unpaired) electrons. The number of hydrogen-bond donors (Lipinski definition) is 1. The summed E-state index contributed by atoms with van der Waals surface area (Å²) < 4.78 is 20.7. The molecule has 29 heavy (non-hydrogen) atoms. The summed E-state index contributed by atoms with van der Waals surface area (Å²) in [7, 11) is 0. The fourth-order valence-electron chi connectivity index (χ4n) is 2.51. The van der Waals surface area contributed by atoms with E-state index in [1.807, 2.05) is 6.92 Å². The molecule has 0 aliphatic carbocycles. The maximum absolute atomic E-state index is 12.1. The molecule has 3 rings (SSSR count). The van der Waals surface area contributed by atoms with Crippen LogP contribution >= 0.6 is 0 Å². The molecule has 1 heterocycles. The molecule has 0 fully saturated rings. The Morgan fingerprint density at radius 2 is 1.93 bits per heavy atom. The molecule has 1 aliphatic rings. The molecule has 1 N–H and O–H groups in total. The summed E-state index contributed by atoms with van der Waals surface area (Å²) in [6, 6.07) is 13.6. The van der Waals surface area contributed by atoms with Crippen molar-refractivity contribution in [1.82, 2.24) is 0 Å². The number of ether oxygens (including phenoxy) is 4. The Kier molecular flexibility index (Phi) is 6.32. The third kappa shape index (κ3) is 5.26. The zero-order valence-corrected chi connectivity index (χ0v) is 15.6. The molecular weight excluding hydrogens is 376 g/mol. The largest absolute Gasteiger partial charge is 0.494 e. The summed E-state index contributed by atoms with van der Waals surface area (Å²) in [4.78, 5) is 24.1. The van der Waals surface area contributed by atoms with E-state index in [0.717, 1.165) is 0 Å². The lowest BCUT2D eigenvalue weighted by Gasteiger charge is -2.08. The molecule has 0 spiro atoms. The number of nitrogens with zero attached hydrogens (tertiary/aromatic N) is 1. The topological polar surface area (TPSA) is 107 Å². The van der Waals surface area contributed by atoms with Gasteiger partial charge in [-0.25, -0.2) is 4.79 Å². The molecule has 8 nitrogen and oxygen atoms in total. The van der Waals surface area contributed by atoms with E-state index in [9.17, 15) is 14.9 Å². The number of anilines is 1. The summed E-state index contributed by atoms with van der Waals surface area (Å²) >= 11 is 0. The Morgan fingerprint density at radius 3 is 2.66 bits per heavy atom. The summed E-state index contributed by atoms with van der Waals surface area (Å²) in [5.41, 5.74) is 0.866. The van der Waals surface area contributed by atoms with Crippen molar-refractivity contribution in [3.63, 3.8) is 0 Å². The van der Waals surface area contributed by atoms with Crippen LogP contribution in [0.15, 0.2) is 48.0 Å². The van der Waals surface area contributed by atoms with Crippen LogP contribution in [-0.4, -0.2) is 31.9 Å². The molecule has 2 aromatic rings. The van der Waals surface area contributed by atoms with Crippen molar-refractivity contribution in [2.45, 2.75) is 6.92 Å². The number of benzene rings is 2. The van der Waals surface area contributed by atoms with Crippen LogP contribution in [-0.2, 0) is 14.3 Å². The van der Waals surface area contributed by atoms with E-state index in [1.54, 1.807) is 48.5 Å². The predicted octanol–water partition coefficient (Wildman–Crippen LogP) is 2.90. The quantitative estimate of drug-likeness (QED) is 0.437. The van der Waals surface area contributed by atoms with Crippen molar-refractivity contribution in [3.8, 4) is 23.3 Å². The van der Waals surface area contributed by atoms with Gasteiger partial charge in [-0.3, -0.25) is 4.79 Å². The highest BCUT2D eigenvalue weighted by Gasteiger charge is 2.16. The normalized spacial score (nSPS) is 12.1. The van der Waals surface area contributed by atoms with E-state index in [-0.39, 0.29) is 12.4 Å². The third-order valence-corrected chi connectivity index (χ3v) is 3.83. The average Bonchev–Trinajstić information content (AvgIpc) is 3.20. The number of nitriles is 1. The standard InChI is InChI=1S/C21H18N2O6/c1-2-26-17-6-4-16(5-7-17)23-20(24)12-27-21(25)15(11-22)9-14-3-8-18-19(10-14)29-13-28-18/h3-10H,2,12-13H2,1H3,(H,23,24). The van der Waals surface area contributed by atoms with Crippen molar-refractivity contribution < 1.29 is 28.5 Å². The highest BCUT2D eigenvalue weighted by atomic mass is 16.7. The molecular formula is C21H18N2O6. The number of rotatable bonds is 7. The lowest BCUT2D eigenvalue weighted by atomic mass is 10.1. The Hall–Kier alpha value is -3.99. The molecule has 0 atom stereocenters. The molecule has 0 saturated carbocycles. The summed E-state index contributed by atoms with van der Waals surface area (Å²) in [5.74, 6) is 0.382. The second-order valence-corrected chi connectivity index (χ2v) is 5.86. The van der Waals surface area contributed by atoms with Crippen LogP contribution in [0.3, 0.4) is 0 Å². The smallest absolute Gasteiger partial charge is 0.349 e. The minimum Gasteiger partial charge on any atom is -0.494 e. The molecule has 8 heteroatoms. The van der Waals surface area contributed by atoms with Gasteiger partial charge in [0.05, 0.1) is 6.61 Å².